The molecule has 0 saturated heterocycles. The molecule has 2 aromatic carbocycles. The summed E-state index contributed by atoms with van der Waals surface area (Å²) in [6.45, 7) is 0.513. The summed E-state index contributed by atoms with van der Waals surface area (Å²) in [7, 11) is 0. The highest BCUT2D eigenvalue weighted by molar-refractivity contribution is 9.10. The minimum Gasteiger partial charge on any atom is -0.491 e. The Morgan fingerprint density at radius 1 is 1.21 bits per heavy atom. The Hall–Kier alpha value is -1.50. The lowest BCUT2D eigenvalue weighted by Crippen LogP contribution is -2.03. The molecule has 0 fully saturated rings. The molecule has 0 amide bonds. The van der Waals surface area contributed by atoms with Crippen LogP contribution >= 0.6 is 27.5 Å². The van der Waals surface area contributed by atoms with Crippen molar-refractivity contribution >= 4 is 27.5 Å². The first kappa shape index (κ1) is 13.9. The maximum Gasteiger partial charge on any atom is 0.151 e. The molecule has 2 nitrogen and oxygen atoms in total. The third-order valence-electron chi connectivity index (χ3n) is 2.61. The molecule has 0 heterocycles. The zero-order chi connectivity index (χ0) is 13.7. The highest BCUT2D eigenvalue weighted by Gasteiger charge is 2.10. The topological polar surface area (TPSA) is 33.0 Å². The predicted octanol–water partition coefficient (Wildman–Crippen LogP) is 4.60. The molecule has 19 heavy (non-hydrogen) atoms. The fourth-order valence-electron chi connectivity index (χ4n) is 1.71. The van der Waals surface area contributed by atoms with Crippen LogP contribution in [-0.4, -0.2) is 6.61 Å². The summed E-state index contributed by atoms with van der Waals surface area (Å²) in [6, 6.07) is 15.5. The van der Waals surface area contributed by atoms with Gasteiger partial charge in [0.15, 0.2) is 5.75 Å². The zero-order valence-corrected chi connectivity index (χ0v) is 12.4. The molecule has 0 radical (unpaired) electrons. The van der Waals surface area contributed by atoms with E-state index in [1.54, 1.807) is 12.1 Å². The van der Waals surface area contributed by atoms with E-state index in [-0.39, 0.29) is 0 Å². The molecule has 0 aliphatic carbocycles. The van der Waals surface area contributed by atoms with E-state index >= 15 is 0 Å². The quantitative estimate of drug-likeness (QED) is 0.817. The second-order valence-corrected chi connectivity index (χ2v) is 5.25. The van der Waals surface area contributed by atoms with Crippen LogP contribution in [0.2, 0.25) is 5.02 Å². The van der Waals surface area contributed by atoms with E-state index in [2.05, 4.69) is 22.0 Å². The number of benzene rings is 2. The monoisotopic (exact) mass is 335 g/mol. The van der Waals surface area contributed by atoms with Gasteiger partial charge < -0.3 is 4.74 Å². The van der Waals surface area contributed by atoms with E-state index in [9.17, 15) is 0 Å². The van der Waals surface area contributed by atoms with E-state index < -0.39 is 0 Å². The van der Waals surface area contributed by atoms with Crippen LogP contribution in [0.4, 0.5) is 0 Å². The summed E-state index contributed by atoms with van der Waals surface area (Å²) in [5.74, 6) is 0.544. The second-order valence-electron chi connectivity index (χ2n) is 3.96. The van der Waals surface area contributed by atoms with Crippen LogP contribution in [0, 0.1) is 11.3 Å². The molecule has 0 atom stereocenters. The van der Waals surface area contributed by atoms with Crippen LogP contribution in [0.5, 0.6) is 5.75 Å². The molecule has 0 aliphatic heterocycles. The van der Waals surface area contributed by atoms with Gasteiger partial charge in [0.05, 0.1) is 16.6 Å². The molecule has 0 saturated carbocycles. The standard InChI is InChI=1S/C15H11BrClNO/c16-14-9-13(17)8-12(10-18)15(14)19-7-6-11-4-2-1-3-5-11/h1-5,8-9H,6-7H2. The number of rotatable bonds is 4. The van der Waals surface area contributed by atoms with Gasteiger partial charge in [-0.2, -0.15) is 5.26 Å². The van der Waals surface area contributed by atoms with Gasteiger partial charge in [-0.15, -0.1) is 0 Å². The van der Waals surface area contributed by atoms with E-state index in [0.29, 0.717) is 27.4 Å². The number of halogens is 2. The van der Waals surface area contributed by atoms with Crippen molar-refractivity contribution in [2.75, 3.05) is 6.61 Å². The van der Waals surface area contributed by atoms with Gasteiger partial charge in [-0.3, -0.25) is 0 Å². The van der Waals surface area contributed by atoms with Crippen LogP contribution in [0.25, 0.3) is 0 Å². The molecule has 96 valence electrons. The van der Waals surface area contributed by atoms with Crippen LogP contribution in [-0.2, 0) is 6.42 Å². The van der Waals surface area contributed by atoms with Crippen molar-refractivity contribution in [2.45, 2.75) is 6.42 Å². The van der Waals surface area contributed by atoms with Gasteiger partial charge in [0.2, 0.25) is 0 Å². The molecular formula is C15H11BrClNO. The molecule has 4 heteroatoms. The number of hydrogen-bond donors (Lipinski definition) is 0. The summed E-state index contributed by atoms with van der Waals surface area (Å²) in [4.78, 5) is 0. The van der Waals surface area contributed by atoms with Gasteiger partial charge in [0.1, 0.15) is 6.07 Å². The number of nitriles is 1. The van der Waals surface area contributed by atoms with Crippen LogP contribution in [0.1, 0.15) is 11.1 Å². The van der Waals surface area contributed by atoms with Gasteiger partial charge in [-0.05, 0) is 33.6 Å². The molecule has 0 aliphatic rings. The van der Waals surface area contributed by atoms with Crippen molar-refractivity contribution < 1.29 is 4.74 Å². The number of nitrogens with zero attached hydrogens (tertiary/aromatic N) is 1. The third-order valence-corrected chi connectivity index (χ3v) is 3.42. The highest BCUT2D eigenvalue weighted by atomic mass is 79.9. The SMILES string of the molecule is N#Cc1cc(Cl)cc(Br)c1OCCc1ccccc1. The van der Waals surface area contributed by atoms with Gasteiger partial charge in [-0.1, -0.05) is 41.9 Å². The summed E-state index contributed by atoms with van der Waals surface area (Å²) in [5.41, 5.74) is 1.64. The molecule has 0 spiro atoms. The Bertz CT molecular complexity index is 608. The Morgan fingerprint density at radius 2 is 1.95 bits per heavy atom. The van der Waals surface area contributed by atoms with Gasteiger partial charge >= 0.3 is 0 Å². The number of hydrogen-bond acceptors (Lipinski definition) is 2. The average molecular weight is 337 g/mol. The molecule has 0 unspecified atom stereocenters. The number of ether oxygens (including phenoxy) is 1. The molecule has 0 N–H and O–H groups in total. The Morgan fingerprint density at radius 3 is 2.63 bits per heavy atom. The molecular weight excluding hydrogens is 326 g/mol. The minimum absolute atomic E-state index is 0.437. The normalized spacial score (nSPS) is 9.95. The smallest absolute Gasteiger partial charge is 0.151 e. The van der Waals surface area contributed by atoms with Crippen molar-refractivity contribution in [2.24, 2.45) is 0 Å². The first-order chi connectivity index (χ1) is 9.20. The fraction of sp³-hybridized carbons (Fsp3) is 0.133. The molecule has 2 aromatic rings. The van der Waals surface area contributed by atoms with Gasteiger partial charge in [0.25, 0.3) is 0 Å². The predicted molar refractivity (Wildman–Crippen MR) is 79.5 cm³/mol. The first-order valence-electron chi connectivity index (χ1n) is 5.76. The molecule has 2 rings (SSSR count). The maximum atomic E-state index is 9.07. The van der Waals surface area contributed by atoms with E-state index in [1.807, 2.05) is 30.3 Å². The zero-order valence-electron chi connectivity index (χ0n) is 10.1. The average Bonchev–Trinajstić information content (AvgIpc) is 2.42. The summed E-state index contributed by atoms with van der Waals surface area (Å²) >= 11 is 9.26. The highest BCUT2D eigenvalue weighted by Crippen LogP contribution is 2.32. The van der Waals surface area contributed by atoms with E-state index in [1.165, 1.54) is 5.56 Å². The fourth-order valence-corrected chi connectivity index (χ4v) is 2.63. The summed E-state index contributed by atoms with van der Waals surface area (Å²) < 4.78 is 6.39. The first-order valence-corrected chi connectivity index (χ1v) is 6.93. The van der Waals surface area contributed by atoms with Crippen LogP contribution in [0.15, 0.2) is 46.9 Å². The molecule has 0 bridgehead atoms. The summed E-state index contributed by atoms with van der Waals surface area (Å²) in [6.07, 6.45) is 0.792. The van der Waals surface area contributed by atoms with Crippen molar-refractivity contribution in [1.82, 2.24) is 0 Å². The Kier molecular flexibility index (Phi) is 4.84. The van der Waals surface area contributed by atoms with Gasteiger partial charge in [-0.25, -0.2) is 0 Å². The Labute approximate surface area is 125 Å². The van der Waals surface area contributed by atoms with Crippen molar-refractivity contribution in [1.29, 1.82) is 5.26 Å². The van der Waals surface area contributed by atoms with Crippen molar-refractivity contribution in [3.63, 3.8) is 0 Å². The molecule has 0 aromatic heterocycles. The van der Waals surface area contributed by atoms with Gasteiger partial charge in [0, 0.05) is 11.4 Å². The van der Waals surface area contributed by atoms with Crippen LogP contribution in [0.3, 0.4) is 0 Å². The Balaban J connectivity index is 2.06. The van der Waals surface area contributed by atoms with Crippen molar-refractivity contribution in [3.05, 3.63) is 63.1 Å². The van der Waals surface area contributed by atoms with Crippen molar-refractivity contribution in [3.8, 4) is 11.8 Å². The summed E-state index contributed by atoms with van der Waals surface area (Å²) in [5, 5.41) is 9.59. The lowest BCUT2D eigenvalue weighted by molar-refractivity contribution is 0.319. The third kappa shape index (κ3) is 3.73. The maximum absolute atomic E-state index is 9.07. The van der Waals surface area contributed by atoms with E-state index in [0.717, 1.165) is 6.42 Å². The van der Waals surface area contributed by atoms with E-state index in [4.69, 9.17) is 21.6 Å². The largest absolute Gasteiger partial charge is 0.491 e. The lowest BCUT2D eigenvalue weighted by Gasteiger charge is -2.10. The second kappa shape index (κ2) is 6.60. The lowest BCUT2D eigenvalue weighted by atomic mass is 10.2. The minimum atomic E-state index is 0.437. The van der Waals surface area contributed by atoms with Crippen LogP contribution < -0.4 is 4.74 Å².